The molecule has 2 heterocycles. The van der Waals surface area contributed by atoms with Crippen LogP contribution in [-0.4, -0.2) is 43.8 Å². The zero-order valence-electron chi connectivity index (χ0n) is 10.1. The summed E-state index contributed by atoms with van der Waals surface area (Å²) in [5.41, 5.74) is 5.30. The summed E-state index contributed by atoms with van der Waals surface area (Å²) in [6, 6.07) is 0. The molecule has 0 spiro atoms. The lowest BCUT2D eigenvalue weighted by Crippen LogP contribution is -2.15. The molecule has 9 nitrogen and oxygen atoms in total. The molecule has 2 aromatic rings. The van der Waals surface area contributed by atoms with Crippen molar-refractivity contribution in [1.29, 1.82) is 0 Å². The topological polar surface area (TPSA) is 119 Å². The van der Waals surface area contributed by atoms with E-state index in [0.29, 0.717) is 16.3 Å². The molecule has 0 saturated carbocycles. The molecule has 0 aliphatic heterocycles. The lowest BCUT2D eigenvalue weighted by molar-refractivity contribution is 0.761. The summed E-state index contributed by atoms with van der Waals surface area (Å²) in [5, 5.41) is 7.02. The SMILES string of the molecule is CN(C)c1nc(N)nc(Sc2n[nH]c(=O)n2C)n1. The van der Waals surface area contributed by atoms with Crippen LogP contribution in [0.1, 0.15) is 0 Å². The fourth-order valence-electron chi connectivity index (χ4n) is 1.11. The van der Waals surface area contributed by atoms with E-state index in [9.17, 15) is 4.79 Å². The fourth-order valence-corrected chi connectivity index (χ4v) is 1.85. The van der Waals surface area contributed by atoms with Crippen molar-refractivity contribution in [2.75, 3.05) is 24.7 Å². The number of anilines is 2. The van der Waals surface area contributed by atoms with Crippen LogP contribution in [-0.2, 0) is 7.05 Å². The van der Waals surface area contributed by atoms with Gasteiger partial charge in [0, 0.05) is 21.1 Å². The minimum Gasteiger partial charge on any atom is -0.368 e. The van der Waals surface area contributed by atoms with E-state index in [1.165, 1.54) is 4.57 Å². The standard InChI is InChI=1S/C8H12N8OS/c1-15(2)5-10-4(9)11-6(12-5)18-8-14-13-7(17)16(8)3/h1-3H3,(H,13,17)(H2,9,10,11,12). The number of rotatable bonds is 3. The van der Waals surface area contributed by atoms with Crippen LogP contribution in [0.5, 0.6) is 0 Å². The fraction of sp³-hybridized carbons (Fsp3) is 0.375. The molecule has 0 radical (unpaired) electrons. The number of aromatic amines is 1. The average Bonchev–Trinajstić information content (AvgIpc) is 2.60. The Hall–Kier alpha value is -2.10. The Morgan fingerprint density at radius 1 is 1.33 bits per heavy atom. The van der Waals surface area contributed by atoms with Gasteiger partial charge in [-0.2, -0.15) is 15.0 Å². The Morgan fingerprint density at radius 3 is 2.61 bits per heavy atom. The van der Waals surface area contributed by atoms with Crippen molar-refractivity contribution < 1.29 is 0 Å². The Morgan fingerprint density at radius 2 is 2.06 bits per heavy atom. The van der Waals surface area contributed by atoms with Crippen LogP contribution in [0.4, 0.5) is 11.9 Å². The van der Waals surface area contributed by atoms with E-state index in [2.05, 4.69) is 25.1 Å². The summed E-state index contributed by atoms with van der Waals surface area (Å²) in [4.78, 5) is 25.1. The molecule has 0 bridgehead atoms. The molecule has 0 atom stereocenters. The molecule has 10 heteroatoms. The molecule has 2 rings (SSSR count). The predicted molar refractivity (Wildman–Crippen MR) is 66.5 cm³/mol. The summed E-state index contributed by atoms with van der Waals surface area (Å²) in [7, 11) is 5.20. The van der Waals surface area contributed by atoms with Crippen LogP contribution in [0.25, 0.3) is 0 Å². The number of hydrogen-bond acceptors (Lipinski definition) is 8. The highest BCUT2D eigenvalue weighted by Crippen LogP contribution is 2.22. The lowest BCUT2D eigenvalue weighted by atomic mass is 10.8. The predicted octanol–water partition coefficient (Wildman–Crippen LogP) is -0.907. The van der Waals surface area contributed by atoms with Crippen molar-refractivity contribution in [3.8, 4) is 0 Å². The van der Waals surface area contributed by atoms with Gasteiger partial charge in [-0.3, -0.25) is 4.57 Å². The van der Waals surface area contributed by atoms with Gasteiger partial charge in [0.1, 0.15) is 0 Å². The average molecular weight is 268 g/mol. The number of nitrogens with zero attached hydrogens (tertiary/aromatic N) is 6. The van der Waals surface area contributed by atoms with E-state index < -0.39 is 0 Å². The summed E-state index contributed by atoms with van der Waals surface area (Å²) < 4.78 is 1.36. The van der Waals surface area contributed by atoms with Gasteiger partial charge in [-0.15, -0.1) is 5.10 Å². The Balaban J connectivity index is 2.34. The molecule has 0 unspecified atom stereocenters. The smallest absolute Gasteiger partial charge is 0.343 e. The maximum atomic E-state index is 11.2. The van der Waals surface area contributed by atoms with Gasteiger partial charge in [-0.1, -0.05) is 0 Å². The number of nitrogens with one attached hydrogen (secondary N) is 1. The van der Waals surface area contributed by atoms with Gasteiger partial charge < -0.3 is 10.6 Å². The van der Waals surface area contributed by atoms with Crippen LogP contribution in [0.2, 0.25) is 0 Å². The number of aromatic nitrogens is 6. The Labute approximate surface area is 106 Å². The van der Waals surface area contributed by atoms with Gasteiger partial charge in [0.25, 0.3) is 0 Å². The van der Waals surface area contributed by atoms with Crippen molar-refractivity contribution in [2.45, 2.75) is 10.3 Å². The summed E-state index contributed by atoms with van der Waals surface area (Å²) in [6.07, 6.45) is 0. The number of hydrogen-bond donors (Lipinski definition) is 2. The maximum absolute atomic E-state index is 11.2. The second-order valence-corrected chi connectivity index (χ2v) is 4.58. The molecule has 0 saturated heterocycles. The van der Waals surface area contributed by atoms with E-state index in [4.69, 9.17) is 5.73 Å². The van der Waals surface area contributed by atoms with Crippen molar-refractivity contribution in [3.05, 3.63) is 10.5 Å². The third kappa shape index (κ3) is 2.42. The zero-order chi connectivity index (χ0) is 13.3. The molecule has 96 valence electrons. The van der Waals surface area contributed by atoms with Crippen LogP contribution in [0.15, 0.2) is 15.1 Å². The molecule has 2 aromatic heterocycles. The first-order valence-corrected chi connectivity index (χ1v) is 5.77. The number of nitrogens with two attached hydrogens (primary N) is 1. The highest BCUT2D eigenvalue weighted by Gasteiger charge is 2.11. The molecular weight excluding hydrogens is 256 g/mol. The van der Waals surface area contributed by atoms with Crippen LogP contribution in [0, 0.1) is 0 Å². The van der Waals surface area contributed by atoms with E-state index in [1.54, 1.807) is 26.0 Å². The first-order valence-electron chi connectivity index (χ1n) is 4.95. The normalized spacial score (nSPS) is 10.6. The monoisotopic (exact) mass is 268 g/mol. The van der Waals surface area contributed by atoms with Gasteiger partial charge in [0.2, 0.25) is 17.1 Å². The molecular formula is C8H12N8OS. The van der Waals surface area contributed by atoms with Gasteiger partial charge in [0.05, 0.1) is 0 Å². The molecule has 3 N–H and O–H groups in total. The van der Waals surface area contributed by atoms with Gasteiger partial charge >= 0.3 is 5.69 Å². The van der Waals surface area contributed by atoms with Gasteiger partial charge in [-0.25, -0.2) is 9.89 Å². The molecule has 0 aromatic carbocycles. The summed E-state index contributed by atoms with van der Waals surface area (Å²) >= 11 is 1.13. The molecule has 0 amide bonds. The Kier molecular flexibility index (Phi) is 3.19. The summed E-state index contributed by atoms with van der Waals surface area (Å²) in [5.74, 6) is 0.572. The zero-order valence-corrected chi connectivity index (χ0v) is 10.9. The Bertz CT molecular complexity index is 618. The molecule has 18 heavy (non-hydrogen) atoms. The highest BCUT2D eigenvalue weighted by molar-refractivity contribution is 7.99. The minimum atomic E-state index is -0.299. The van der Waals surface area contributed by atoms with Crippen LogP contribution in [0.3, 0.4) is 0 Å². The van der Waals surface area contributed by atoms with Crippen LogP contribution < -0.4 is 16.3 Å². The second kappa shape index (κ2) is 4.64. The highest BCUT2D eigenvalue weighted by atomic mass is 32.2. The van der Waals surface area contributed by atoms with E-state index in [0.717, 1.165) is 11.8 Å². The van der Waals surface area contributed by atoms with Crippen LogP contribution >= 0.6 is 11.8 Å². The van der Waals surface area contributed by atoms with Crippen molar-refractivity contribution >= 4 is 23.7 Å². The molecule has 0 aliphatic carbocycles. The third-order valence-corrected chi connectivity index (χ3v) is 2.95. The molecule has 0 fully saturated rings. The van der Waals surface area contributed by atoms with Crippen molar-refractivity contribution in [2.24, 2.45) is 7.05 Å². The second-order valence-electron chi connectivity index (χ2n) is 3.64. The number of nitrogen functional groups attached to an aromatic ring is 1. The third-order valence-electron chi connectivity index (χ3n) is 2.04. The van der Waals surface area contributed by atoms with E-state index in [-0.39, 0.29) is 11.6 Å². The number of H-pyrrole nitrogens is 1. The lowest BCUT2D eigenvalue weighted by Gasteiger charge is -2.10. The van der Waals surface area contributed by atoms with Crippen molar-refractivity contribution in [3.63, 3.8) is 0 Å². The molecule has 0 aliphatic rings. The van der Waals surface area contributed by atoms with Crippen molar-refractivity contribution in [1.82, 2.24) is 29.7 Å². The van der Waals surface area contributed by atoms with E-state index in [1.807, 2.05) is 0 Å². The maximum Gasteiger partial charge on any atom is 0.343 e. The van der Waals surface area contributed by atoms with Gasteiger partial charge in [-0.05, 0) is 11.8 Å². The van der Waals surface area contributed by atoms with E-state index >= 15 is 0 Å². The van der Waals surface area contributed by atoms with Gasteiger partial charge in [0.15, 0.2) is 5.16 Å². The minimum absolute atomic E-state index is 0.122. The summed E-state index contributed by atoms with van der Waals surface area (Å²) in [6.45, 7) is 0. The first kappa shape index (κ1) is 12.4. The first-order chi connectivity index (χ1) is 8.47. The largest absolute Gasteiger partial charge is 0.368 e. The quantitative estimate of drug-likeness (QED) is 0.734.